The van der Waals surface area contributed by atoms with Crippen LogP contribution in [0.3, 0.4) is 0 Å². The number of hydrogen-bond donors (Lipinski definition) is 3. The molecule has 1 unspecified atom stereocenters. The first-order valence-corrected chi connectivity index (χ1v) is 16.0. The van der Waals surface area contributed by atoms with Gasteiger partial charge in [-0.15, -0.1) is 0 Å². The van der Waals surface area contributed by atoms with Crippen LogP contribution in [-0.2, 0) is 0 Å². The number of ether oxygens (including phenoxy) is 1. The maximum atomic E-state index is 15.8. The van der Waals surface area contributed by atoms with E-state index in [9.17, 15) is 9.59 Å². The normalized spacial score (nSPS) is 14.9. The Morgan fingerprint density at radius 1 is 1.05 bits per heavy atom. The molecule has 0 saturated carbocycles. The second kappa shape index (κ2) is 13.4. The predicted octanol–water partition coefficient (Wildman–Crippen LogP) is 6.18. The van der Waals surface area contributed by atoms with Crippen LogP contribution in [0.15, 0.2) is 53.5 Å². The molecule has 1 atom stereocenters. The van der Waals surface area contributed by atoms with Gasteiger partial charge in [0.15, 0.2) is 17.3 Å². The lowest BCUT2D eigenvalue weighted by atomic mass is 10.0. The zero-order valence-electron chi connectivity index (χ0n) is 25.7. The van der Waals surface area contributed by atoms with Crippen molar-refractivity contribution in [3.8, 4) is 17.2 Å². The number of amides is 1. The lowest BCUT2D eigenvalue weighted by Gasteiger charge is -2.27. The third kappa shape index (κ3) is 6.03. The number of anilines is 1. The van der Waals surface area contributed by atoms with Gasteiger partial charge in [-0.2, -0.15) is 0 Å². The van der Waals surface area contributed by atoms with Crippen LogP contribution in [0.25, 0.3) is 27.4 Å². The minimum Gasteiger partial charge on any atom is -0.451 e. The van der Waals surface area contributed by atoms with Gasteiger partial charge in [0.25, 0.3) is 5.91 Å². The summed E-state index contributed by atoms with van der Waals surface area (Å²) in [4.78, 5) is 29.6. The Balaban J connectivity index is 1.36. The highest BCUT2D eigenvalue weighted by atomic mass is 19.1. The molecule has 4 aromatic rings. The van der Waals surface area contributed by atoms with E-state index in [0.29, 0.717) is 30.0 Å². The molecule has 1 fully saturated rings. The number of carbonyl (C=O) groups is 1. The second-order valence-electron chi connectivity index (χ2n) is 12.0. The largest absolute Gasteiger partial charge is 0.451 e. The Bertz CT molecular complexity index is 1730. The third-order valence-electron chi connectivity index (χ3n) is 8.96. The summed E-state index contributed by atoms with van der Waals surface area (Å²) < 4.78 is 24.0. The molecule has 1 aromatic heterocycles. The second-order valence-corrected chi connectivity index (χ2v) is 12.0. The molecule has 0 aliphatic carbocycles. The molecule has 3 heterocycles. The van der Waals surface area contributed by atoms with Crippen LogP contribution in [0, 0.1) is 5.82 Å². The molecule has 9 heteroatoms. The quantitative estimate of drug-likeness (QED) is 0.140. The number of nitrogens with one attached hydrogen (secondary N) is 3. The Morgan fingerprint density at radius 2 is 1.82 bits per heavy atom. The average molecular weight is 600 g/mol. The number of carbonyl (C=O) groups excluding carboxylic acids is 1. The fourth-order valence-electron chi connectivity index (χ4n) is 6.55. The van der Waals surface area contributed by atoms with Gasteiger partial charge < -0.3 is 30.2 Å². The van der Waals surface area contributed by atoms with Gasteiger partial charge in [-0.1, -0.05) is 37.6 Å². The number of pyridine rings is 1. The molecule has 6 rings (SSSR count). The zero-order chi connectivity index (χ0) is 30.6. The molecule has 2 aliphatic heterocycles. The molecule has 1 amide bonds. The highest BCUT2D eigenvalue weighted by Crippen LogP contribution is 2.46. The summed E-state index contributed by atoms with van der Waals surface area (Å²) in [5.41, 5.74) is 0.836. The van der Waals surface area contributed by atoms with Crippen LogP contribution in [0.1, 0.15) is 62.2 Å². The summed E-state index contributed by atoms with van der Waals surface area (Å²) in [6, 6.07) is 13.4. The highest BCUT2D eigenvalue weighted by Gasteiger charge is 2.29. The van der Waals surface area contributed by atoms with Gasteiger partial charge in [0.1, 0.15) is 16.8 Å². The van der Waals surface area contributed by atoms with Crippen molar-refractivity contribution in [1.82, 2.24) is 20.1 Å². The van der Waals surface area contributed by atoms with E-state index in [1.54, 1.807) is 6.20 Å². The van der Waals surface area contributed by atoms with E-state index in [0.717, 1.165) is 62.5 Å². The molecule has 232 valence electrons. The molecular formula is C35H42FN5O3. The summed E-state index contributed by atoms with van der Waals surface area (Å²) in [5, 5.41) is 11.5. The Hall–Kier alpha value is -3.95. The van der Waals surface area contributed by atoms with Crippen LogP contribution >= 0.6 is 0 Å². The molecule has 0 radical (unpaired) electrons. The smallest absolute Gasteiger partial charge is 0.256 e. The van der Waals surface area contributed by atoms with Gasteiger partial charge in [-0.05, 0) is 94.2 Å². The van der Waals surface area contributed by atoms with Crippen molar-refractivity contribution < 1.29 is 13.9 Å². The number of fused-ring (bicyclic) bond motifs is 3. The maximum absolute atomic E-state index is 15.8. The van der Waals surface area contributed by atoms with Crippen LogP contribution in [0.2, 0.25) is 0 Å². The monoisotopic (exact) mass is 599 g/mol. The highest BCUT2D eigenvalue weighted by molar-refractivity contribution is 6.02. The molecule has 2 aliphatic rings. The molecule has 3 N–H and O–H groups in total. The van der Waals surface area contributed by atoms with Gasteiger partial charge in [0, 0.05) is 25.3 Å². The van der Waals surface area contributed by atoms with E-state index in [-0.39, 0.29) is 28.4 Å². The summed E-state index contributed by atoms with van der Waals surface area (Å²) >= 11 is 0. The van der Waals surface area contributed by atoms with Crippen molar-refractivity contribution >= 4 is 33.3 Å². The van der Waals surface area contributed by atoms with Crippen molar-refractivity contribution in [1.29, 1.82) is 0 Å². The van der Waals surface area contributed by atoms with Gasteiger partial charge in [-0.3, -0.25) is 9.59 Å². The number of hydrogen-bond acceptors (Lipinski definition) is 6. The summed E-state index contributed by atoms with van der Waals surface area (Å²) in [6.07, 6.45) is 8.78. The van der Waals surface area contributed by atoms with E-state index in [1.165, 1.54) is 18.9 Å². The number of aromatic nitrogens is 1. The number of unbranched alkanes of at least 4 members (excludes halogenated alkanes) is 1. The third-order valence-corrected chi connectivity index (χ3v) is 8.96. The summed E-state index contributed by atoms with van der Waals surface area (Å²) in [7, 11) is 1.91. The van der Waals surface area contributed by atoms with Crippen molar-refractivity contribution in [2.45, 2.75) is 57.9 Å². The lowest BCUT2D eigenvalue weighted by Crippen LogP contribution is -2.34. The predicted molar refractivity (Wildman–Crippen MR) is 175 cm³/mol. The summed E-state index contributed by atoms with van der Waals surface area (Å²) in [5.74, 6) is -0.244. The number of halogens is 1. The van der Waals surface area contributed by atoms with Crippen LogP contribution in [0.5, 0.6) is 11.5 Å². The van der Waals surface area contributed by atoms with Crippen LogP contribution in [0.4, 0.5) is 10.1 Å². The summed E-state index contributed by atoms with van der Waals surface area (Å²) in [6.45, 7) is 6.49. The van der Waals surface area contributed by atoms with Crippen LogP contribution < -0.4 is 26.1 Å². The fraction of sp³-hybridized carbons (Fsp3) is 0.429. The topological polar surface area (TPSA) is 87.6 Å². The van der Waals surface area contributed by atoms with Crippen molar-refractivity contribution in [3.63, 3.8) is 0 Å². The number of likely N-dealkylation sites (tertiary alicyclic amines) is 1. The first-order valence-electron chi connectivity index (χ1n) is 16.0. The molecule has 0 bridgehead atoms. The zero-order valence-corrected chi connectivity index (χ0v) is 25.7. The molecule has 1 saturated heterocycles. The standard InChI is InChI=1S/C35H42FN5O3/c1-3-10-25(37-2)13-15-39-35(43)27-22-41-29-19-23-11-4-5-12-24(23)20-30(29)44-34-31(28(36)21-26(32(34)41)33(27)42)38-14-6-7-16-40-17-8-9-18-40/h4-5,11-12,19-22,25,37-38H,3,6-10,13-18H2,1-2H3,(H,39,43). The molecular weight excluding hydrogens is 557 g/mol. The van der Waals surface area contributed by atoms with Gasteiger partial charge in [-0.25, -0.2) is 4.39 Å². The SMILES string of the molecule is CCCC(CCNC(=O)c1cn2c3c(c(NCCCCN4CCCC4)c(F)cc3c1=O)Oc1cc3ccccc3cc1-2)NC. The Morgan fingerprint density at radius 3 is 2.57 bits per heavy atom. The average Bonchev–Trinajstić information content (AvgIpc) is 3.55. The van der Waals surface area contributed by atoms with Crippen molar-refractivity contribution in [2.24, 2.45) is 0 Å². The molecule has 8 nitrogen and oxygen atoms in total. The van der Waals surface area contributed by atoms with Gasteiger partial charge in [0.05, 0.1) is 11.1 Å². The van der Waals surface area contributed by atoms with Gasteiger partial charge >= 0.3 is 0 Å². The first kappa shape index (κ1) is 30.1. The van der Waals surface area contributed by atoms with Gasteiger partial charge in [0.2, 0.25) is 5.43 Å². The number of rotatable bonds is 13. The molecule has 44 heavy (non-hydrogen) atoms. The Labute approximate surface area is 257 Å². The van der Waals surface area contributed by atoms with Crippen LogP contribution in [-0.4, -0.2) is 61.2 Å². The van der Waals surface area contributed by atoms with E-state index in [2.05, 4.69) is 27.8 Å². The number of nitrogens with zero attached hydrogens (tertiary/aromatic N) is 2. The molecule has 0 spiro atoms. The number of benzene rings is 3. The van der Waals surface area contributed by atoms with E-state index in [1.807, 2.05) is 48.0 Å². The minimum absolute atomic E-state index is 0.0250. The first-order chi connectivity index (χ1) is 21.5. The minimum atomic E-state index is -0.575. The molecule has 3 aromatic carbocycles. The fourth-order valence-corrected chi connectivity index (χ4v) is 6.55. The lowest BCUT2D eigenvalue weighted by molar-refractivity contribution is 0.0950. The Kier molecular flexibility index (Phi) is 9.14. The van der Waals surface area contributed by atoms with E-state index >= 15 is 4.39 Å². The van der Waals surface area contributed by atoms with Crippen molar-refractivity contribution in [3.05, 3.63) is 70.3 Å². The van der Waals surface area contributed by atoms with E-state index in [4.69, 9.17) is 4.74 Å². The van der Waals surface area contributed by atoms with Crippen molar-refractivity contribution in [2.75, 3.05) is 45.1 Å². The van der Waals surface area contributed by atoms with E-state index < -0.39 is 17.2 Å². The maximum Gasteiger partial charge on any atom is 0.256 e.